The third-order valence-corrected chi connectivity index (χ3v) is 13.9. The Hall–Kier alpha value is -4.95. The maximum absolute atomic E-state index is 14.4. The summed E-state index contributed by atoms with van der Waals surface area (Å²) in [5.41, 5.74) is 1.82. The van der Waals surface area contributed by atoms with Crippen LogP contribution in [0.15, 0.2) is 54.6 Å². The van der Waals surface area contributed by atoms with E-state index in [9.17, 15) is 37.1 Å². The molecule has 2 aliphatic heterocycles. The lowest BCUT2D eigenvalue weighted by molar-refractivity contribution is -0.204. The number of aliphatic carboxylic acids is 1. The van der Waals surface area contributed by atoms with Gasteiger partial charge in [-0.15, -0.1) is 0 Å². The molecule has 0 spiro atoms. The molecule has 2 aromatic carbocycles. The molecule has 1 saturated carbocycles. The minimum Gasteiger partial charge on any atom is -0.475 e. The summed E-state index contributed by atoms with van der Waals surface area (Å²) in [5.74, 6) is -4.96. The van der Waals surface area contributed by atoms with Crippen LogP contribution in [0, 0.1) is 23.7 Å². The number of amides is 4. The Labute approximate surface area is 404 Å². The molecule has 2 aromatic rings. The number of fused-ring (bicyclic) bond motifs is 1. The molecule has 2 heterocycles. The maximum atomic E-state index is 14.4. The van der Waals surface area contributed by atoms with Gasteiger partial charge in [-0.1, -0.05) is 109 Å². The molecular formula is C50H73F3N6O10. The Morgan fingerprint density at radius 2 is 1.49 bits per heavy atom. The Morgan fingerprint density at radius 1 is 0.899 bits per heavy atom. The van der Waals surface area contributed by atoms with E-state index in [4.69, 9.17) is 24.2 Å². The summed E-state index contributed by atoms with van der Waals surface area (Å²) in [6.07, 6.45) is -3.93. The number of ketones is 1. The molecule has 16 nitrogen and oxygen atoms in total. The number of carboxylic acids is 1. The van der Waals surface area contributed by atoms with E-state index in [1.165, 1.54) is 5.06 Å². The van der Waals surface area contributed by atoms with Crippen LogP contribution in [0.3, 0.4) is 0 Å². The summed E-state index contributed by atoms with van der Waals surface area (Å²) in [7, 11) is 6.59. The van der Waals surface area contributed by atoms with Gasteiger partial charge in [-0.3, -0.25) is 28.8 Å². The first-order valence-electron chi connectivity index (χ1n) is 23.7. The second-order valence-corrected chi connectivity index (χ2v) is 19.2. The summed E-state index contributed by atoms with van der Waals surface area (Å²) in [6, 6.07) is 15.1. The summed E-state index contributed by atoms with van der Waals surface area (Å²) in [4.78, 5) is 86.7. The number of nitrogens with zero attached hydrogens (tertiary/aromatic N) is 2. The zero-order chi connectivity index (χ0) is 51.5. The molecule has 1 aliphatic carbocycles. The molecule has 0 bridgehead atoms. The molecule has 4 amide bonds. The molecule has 0 radical (unpaired) electrons. The summed E-state index contributed by atoms with van der Waals surface area (Å²) >= 11 is 0. The molecule has 3 aliphatic rings. The fourth-order valence-electron chi connectivity index (χ4n) is 9.63. The van der Waals surface area contributed by atoms with Gasteiger partial charge in [0.05, 0.1) is 42.8 Å². The van der Waals surface area contributed by atoms with Crippen LogP contribution in [0.25, 0.3) is 0 Å². The molecule has 1 unspecified atom stereocenters. The van der Waals surface area contributed by atoms with E-state index in [0.29, 0.717) is 19.3 Å². The number of nitrogens with one attached hydrogen (secondary N) is 4. The van der Waals surface area contributed by atoms with Gasteiger partial charge < -0.3 is 40.7 Å². The van der Waals surface area contributed by atoms with Gasteiger partial charge in [-0.2, -0.15) is 13.2 Å². The molecular weight excluding hydrogens is 902 g/mol. The number of methoxy groups -OCH3 is 2. The molecule has 2 fully saturated rings. The van der Waals surface area contributed by atoms with Crippen molar-refractivity contribution in [2.75, 3.05) is 28.3 Å². The number of hydrogen-bond donors (Lipinski definition) is 5. The average molecular weight is 975 g/mol. The molecule has 19 heteroatoms. The number of alkyl halides is 3. The first kappa shape index (κ1) is 56.6. The second kappa shape index (κ2) is 24.7. The maximum Gasteiger partial charge on any atom is 0.490 e. The number of Topliss-reactive ketones (excluding diaryl/α,β-unsaturated/α-hetero) is 1. The van der Waals surface area contributed by atoms with Crippen LogP contribution in [0.4, 0.5) is 13.2 Å². The van der Waals surface area contributed by atoms with E-state index < -0.39 is 60.0 Å². The number of hydroxylamine groups is 2. The van der Waals surface area contributed by atoms with Gasteiger partial charge in [0.2, 0.25) is 17.7 Å². The van der Waals surface area contributed by atoms with Crippen molar-refractivity contribution in [1.29, 1.82) is 0 Å². The molecule has 384 valence electrons. The number of hydrogen-bond acceptors (Lipinski definition) is 11. The molecule has 0 aromatic heterocycles. The van der Waals surface area contributed by atoms with E-state index >= 15 is 0 Å². The summed E-state index contributed by atoms with van der Waals surface area (Å²) in [5, 5.41) is 21.2. The van der Waals surface area contributed by atoms with Crippen LogP contribution in [-0.2, 0) is 56.2 Å². The topological polar surface area (TPSA) is 205 Å². The Morgan fingerprint density at radius 3 is 2.03 bits per heavy atom. The van der Waals surface area contributed by atoms with Gasteiger partial charge in [0.15, 0.2) is 5.78 Å². The van der Waals surface area contributed by atoms with Gasteiger partial charge in [0.1, 0.15) is 18.2 Å². The quantitative estimate of drug-likeness (QED) is 0.110. The van der Waals surface area contributed by atoms with Crippen LogP contribution in [-0.4, -0.2) is 133 Å². The van der Waals surface area contributed by atoms with Crippen molar-refractivity contribution in [3.63, 3.8) is 0 Å². The zero-order valence-corrected chi connectivity index (χ0v) is 41.7. The smallest absolute Gasteiger partial charge is 0.475 e. The highest BCUT2D eigenvalue weighted by atomic mass is 19.4. The molecule has 11 atom stereocenters. The first-order chi connectivity index (χ1) is 32.5. The number of benzene rings is 2. The average Bonchev–Trinajstić information content (AvgIpc) is 3.84. The molecule has 5 rings (SSSR count). The highest BCUT2D eigenvalue weighted by molar-refractivity contribution is 5.96. The van der Waals surface area contributed by atoms with Crippen LogP contribution in [0.5, 0.6) is 0 Å². The van der Waals surface area contributed by atoms with E-state index in [-0.39, 0.29) is 78.7 Å². The van der Waals surface area contributed by atoms with Crippen molar-refractivity contribution in [2.24, 2.45) is 23.7 Å². The predicted octanol–water partition coefficient (Wildman–Crippen LogP) is 5.14. The lowest BCUT2D eigenvalue weighted by Crippen LogP contribution is -2.59. The number of carbonyl (C=O) groups excluding carboxylic acids is 5. The first-order valence-corrected chi connectivity index (χ1v) is 23.7. The van der Waals surface area contributed by atoms with Crippen LogP contribution < -0.4 is 21.3 Å². The fraction of sp³-hybridized carbons (Fsp3) is 0.640. The molecule has 5 N–H and O–H groups in total. The van der Waals surface area contributed by atoms with Crippen molar-refractivity contribution < 1.29 is 61.4 Å². The van der Waals surface area contributed by atoms with E-state index in [1.54, 1.807) is 40.1 Å². The summed E-state index contributed by atoms with van der Waals surface area (Å²) < 4.78 is 43.8. The van der Waals surface area contributed by atoms with Crippen molar-refractivity contribution in [3.05, 3.63) is 71.3 Å². The van der Waals surface area contributed by atoms with Crippen LogP contribution in [0.1, 0.15) is 103 Å². The molecule has 69 heavy (non-hydrogen) atoms. The lowest BCUT2D eigenvalue weighted by atomic mass is 9.88. The monoisotopic (exact) mass is 975 g/mol. The molecule has 1 saturated heterocycles. The number of likely N-dealkylation sites (N-methyl/N-ethyl adjacent to an activating group) is 2. The third kappa shape index (κ3) is 13.9. The Kier molecular flexibility index (Phi) is 20.3. The number of halogens is 3. The minimum absolute atomic E-state index is 0.0205. The predicted molar refractivity (Wildman–Crippen MR) is 251 cm³/mol. The van der Waals surface area contributed by atoms with E-state index in [2.05, 4.69) is 21.3 Å². The third-order valence-electron chi connectivity index (χ3n) is 13.9. The number of carbonyl (C=O) groups is 6. The fourth-order valence-corrected chi connectivity index (χ4v) is 9.63. The van der Waals surface area contributed by atoms with Crippen molar-refractivity contribution in [3.8, 4) is 0 Å². The second-order valence-electron chi connectivity index (χ2n) is 19.2. The van der Waals surface area contributed by atoms with Gasteiger partial charge in [-0.05, 0) is 60.8 Å². The van der Waals surface area contributed by atoms with E-state index in [0.717, 1.165) is 23.1 Å². The number of carboxylic acid groups (broad SMARTS) is 1. The van der Waals surface area contributed by atoms with E-state index in [1.807, 2.05) is 96.1 Å². The summed E-state index contributed by atoms with van der Waals surface area (Å²) in [6.45, 7) is 14.2. The highest BCUT2D eigenvalue weighted by Crippen LogP contribution is 2.53. The Balaban J connectivity index is 0.00000137. The normalized spacial score (nSPS) is 23.0. The SMILES string of the molecule is CC[C@H](C)[C@@H]([C@@H](CC(=O)C1CC[C@@H]([C@H](OC)[C@@H](C)C(=O)N[C@@]2(C(=O)N3Cc4ccccc4CO3)C[C@@H]2c2ccccc2)N1)OC)N(C)C(=O)[C@@H](NC(=O)[C@@H](NC)C(C)C)C(C)C.O=C(O)C(F)(F)F. The lowest BCUT2D eigenvalue weighted by Gasteiger charge is -2.40. The van der Waals surface area contributed by atoms with Crippen molar-refractivity contribution >= 4 is 35.4 Å². The highest BCUT2D eigenvalue weighted by Gasteiger charge is 2.64. The van der Waals surface area contributed by atoms with Crippen LogP contribution in [0.2, 0.25) is 0 Å². The van der Waals surface area contributed by atoms with Crippen LogP contribution >= 0.6 is 0 Å². The minimum atomic E-state index is -5.08. The number of rotatable bonds is 21. The van der Waals surface area contributed by atoms with Crippen molar-refractivity contribution in [1.82, 2.24) is 31.2 Å². The van der Waals surface area contributed by atoms with Gasteiger partial charge >= 0.3 is 12.1 Å². The van der Waals surface area contributed by atoms with Gasteiger partial charge in [0, 0.05) is 39.6 Å². The number of ether oxygens (including phenoxy) is 2. The van der Waals surface area contributed by atoms with Gasteiger partial charge in [0.25, 0.3) is 5.91 Å². The largest absolute Gasteiger partial charge is 0.490 e. The van der Waals surface area contributed by atoms with Gasteiger partial charge in [-0.25, -0.2) is 9.86 Å². The van der Waals surface area contributed by atoms with Crippen molar-refractivity contribution in [2.45, 2.75) is 154 Å². The zero-order valence-electron chi connectivity index (χ0n) is 41.7. The standard InChI is InChI=1S/C48H72N6O8.C2HF3O2/c1-12-30(6)42(53(9)46(58)41(29(4)5)51-45(57)40(49-8)28(2)3)39(60-10)24-38(55)36-22-23-37(50-36)43(61-11)31(7)44(56)52-48(25-35(48)32-18-14-13-15-19-32)47(59)54-26-33-20-16-17-21-34(33)27-62-54;3-2(4,5)1(6)7/h13-21,28-31,35-37,39-43,49-50H,12,22-27H2,1-11H3,(H,51,57)(H,52,56);(H,6,7)/t30-,31+,35+,36?,37-,39+,40-,41-,42-,43+,48-;/m0./s1. The Bertz CT molecular complexity index is 2080.